The smallest absolute Gasteiger partial charge is 0.225 e. The van der Waals surface area contributed by atoms with E-state index >= 15 is 0 Å². The topological polar surface area (TPSA) is 52.6 Å². The molecule has 1 saturated heterocycles. The van der Waals surface area contributed by atoms with E-state index in [4.69, 9.17) is 0 Å². The number of carbonyl (C=O) groups is 1. The van der Waals surface area contributed by atoms with Crippen LogP contribution in [0.15, 0.2) is 30.3 Å². The zero-order valence-corrected chi connectivity index (χ0v) is 11.0. The summed E-state index contributed by atoms with van der Waals surface area (Å²) >= 11 is 0. The lowest BCUT2D eigenvalue weighted by Crippen LogP contribution is -2.63. The van der Waals surface area contributed by atoms with Gasteiger partial charge in [0.15, 0.2) is 0 Å². The SMILES string of the molecule is O=C(CCN1CC(O)(C2CC2)C1)Nc1ccccc1. The van der Waals surface area contributed by atoms with Gasteiger partial charge >= 0.3 is 0 Å². The standard InChI is InChI=1S/C15H20N2O2/c18-14(16-13-4-2-1-3-5-13)8-9-17-10-15(19,11-17)12-6-7-12/h1-5,12,19H,6-11H2,(H,16,18). The number of amides is 1. The summed E-state index contributed by atoms with van der Waals surface area (Å²) in [6.07, 6.45) is 2.81. The summed E-state index contributed by atoms with van der Waals surface area (Å²) in [5.41, 5.74) is 0.390. The number of para-hydroxylation sites is 1. The van der Waals surface area contributed by atoms with Crippen LogP contribution in [0.2, 0.25) is 0 Å². The Balaban J connectivity index is 1.38. The van der Waals surface area contributed by atoms with Crippen LogP contribution in [0.3, 0.4) is 0 Å². The summed E-state index contributed by atoms with van der Waals surface area (Å²) in [6, 6.07) is 9.50. The highest BCUT2D eigenvalue weighted by Gasteiger charge is 2.51. The Hall–Kier alpha value is -1.39. The van der Waals surface area contributed by atoms with Gasteiger partial charge in [-0.25, -0.2) is 0 Å². The molecule has 0 bridgehead atoms. The van der Waals surface area contributed by atoms with E-state index in [0.29, 0.717) is 12.3 Å². The molecule has 1 heterocycles. The van der Waals surface area contributed by atoms with Crippen LogP contribution in [-0.2, 0) is 4.79 Å². The van der Waals surface area contributed by atoms with Gasteiger partial charge in [-0.15, -0.1) is 0 Å². The first-order valence-electron chi connectivity index (χ1n) is 6.95. The van der Waals surface area contributed by atoms with Crippen LogP contribution in [0.25, 0.3) is 0 Å². The van der Waals surface area contributed by atoms with Crippen molar-refractivity contribution >= 4 is 11.6 Å². The molecule has 0 spiro atoms. The number of hydrogen-bond donors (Lipinski definition) is 2. The van der Waals surface area contributed by atoms with Crippen molar-refractivity contribution in [3.63, 3.8) is 0 Å². The second-order valence-corrected chi connectivity index (χ2v) is 5.75. The Morgan fingerprint density at radius 2 is 2.00 bits per heavy atom. The molecule has 0 atom stereocenters. The second kappa shape index (κ2) is 4.94. The quantitative estimate of drug-likeness (QED) is 0.843. The van der Waals surface area contributed by atoms with Gasteiger partial charge in [-0.05, 0) is 30.9 Å². The number of likely N-dealkylation sites (tertiary alicyclic amines) is 1. The van der Waals surface area contributed by atoms with Gasteiger partial charge in [0.2, 0.25) is 5.91 Å². The largest absolute Gasteiger partial charge is 0.387 e. The van der Waals surface area contributed by atoms with Crippen molar-refractivity contribution in [2.24, 2.45) is 5.92 Å². The minimum Gasteiger partial charge on any atom is -0.387 e. The van der Waals surface area contributed by atoms with E-state index in [-0.39, 0.29) is 5.91 Å². The Morgan fingerprint density at radius 3 is 2.63 bits per heavy atom. The summed E-state index contributed by atoms with van der Waals surface area (Å²) in [5.74, 6) is 0.551. The molecule has 102 valence electrons. The first-order valence-corrected chi connectivity index (χ1v) is 6.95. The third-order valence-electron chi connectivity index (χ3n) is 4.04. The number of hydrogen-bond acceptors (Lipinski definition) is 3. The van der Waals surface area contributed by atoms with E-state index in [2.05, 4.69) is 10.2 Å². The molecule has 2 N–H and O–H groups in total. The van der Waals surface area contributed by atoms with Crippen LogP contribution in [0.1, 0.15) is 19.3 Å². The van der Waals surface area contributed by atoms with Crippen molar-refractivity contribution in [1.82, 2.24) is 4.90 Å². The molecule has 1 aromatic carbocycles. The number of aliphatic hydroxyl groups is 1. The van der Waals surface area contributed by atoms with Gasteiger partial charge in [-0.3, -0.25) is 9.69 Å². The molecule has 4 nitrogen and oxygen atoms in total. The number of carbonyl (C=O) groups excluding carboxylic acids is 1. The molecule has 1 saturated carbocycles. The Morgan fingerprint density at radius 1 is 1.32 bits per heavy atom. The normalized spacial score (nSPS) is 21.7. The van der Waals surface area contributed by atoms with Crippen molar-refractivity contribution in [3.8, 4) is 0 Å². The number of benzene rings is 1. The van der Waals surface area contributed by atoms with E-state index in [0.717, 1.165) is 25.3 Å². The molecule has 0 radical (unpaired) electrons. The summed E-state index contributed by atoms with van der Waals surface area (Å²) in [7, 11) is 0. The molecule has 1 aliphatic heterocycles. The van der Waals surface area contributed by atoms with E-state index < -0.39 is 5.60 Å². The number of rotatable bonds is 5. The van der Waals surface area contributed by atoms with E-state index in [1.807, 2.05) is 30.3 Å². The number of nitrogens with zero attached hydrogens (tertiary/aromatic N) is 1. The van der Waals surface area contributed by atoms with Gasteiger partial charge in [0.1, 0.15) is 0 Å². The number of nitrogens with one attached hydrogen (secondary N) is 1. The molecule has 4 heteroatoms. The Bertz CT molecular complexity index is 450. The van der Waals surface area contributed by atoms with E-state index in [1.165, 1.54) is 12.8 Å². The monoisotopic (exact) mass is 260 g/mol. The highest BCUT2D eigenvalue weighted by atomic mass is 16.3. The van der Waals surface area contributed by atoms with E-state index in [1.54, 1.807) is 0 Å². The first kappa shape index (κ1) is 12.6. The highest BCUT2D eigenvalue weighted by Crippen LogP contribution is 2.44. The lowest BCUT2D eigenvalue weighted by molar-refractivity contribution is -0.124. The highest BCUT2D eigenvalue weighted by molar-refractivity contribution is 5.90. The van der Waals surface area contributed by atoms with Crippen molar-refractivity contribution in [3.05, 3.63) is 30.3 Å². The molecule has 2 aliphatic rings. The maximum absolute atomic E-state index is 11.8. The lowest BCUT2D eigenvalue weighted by Gasteiger charge is -2.47. The molecule has 1 aliphatic carbocycles. The number of β-amino-alcohol motifs (C(OH)–C–C–N with tert-alkyl or cyclic N) is 1. The van der Waals surface area contributed by atoms with Crippen LogP contribution in [-0.4, -0.2) is 41.1 Å². The van der Waals surface area contributed by atoms with Gasteiger partial charge in [0.05, 0.1) is 5.60 Å². The Kier molecular flexibility index (Phi) is 3.29. The second-order valence-electron chi connectivity index (χ2n) is 5.75. The van der Waals surface area contributed by atoms with Crippen molar-refractivity contribution in [2.75, 3.05) is 25.0 Å². The zero-order valence-electron chi connectivity index (χ0n) is 11.0. The minimum atomic E-state index is -0.449. The van der Waals surface area contributed by atoms with Gasteiger partial charge < -0.3 is 10.4 Å². The fraction of sp³-hybridized carbons (Fsp3) is 0.533. The van der Waals surface area contributed by atoms with E-state index in [9.17, 15) is 9.90 Å². The fourth-order valence-electron chi connectivity index (χ4n) is 2.77. The Labute approximate surface area is 113 Å². The van der Waals surface area contributed by atoms with Gasteiger partial charge in [-0.1, -0.05) is 18.2 Å². The average molecular weight is 260 g/mol. The summed E-state index contributed by atoms with van der Waals surface area (Å²) < 4.78 is 0. The first-order chi connectivity index (χ1) is 9.16. The maximum Gasteiger partial charge on any atom is 0.225 e. The predicted molar refractivity (Wildman–Crippen MR) is 73.8 cm³/mol. The van der Waals surface area contributed by atoms with Crippen LogP contribution in [0, 0.1) is 5.92 Å². The predicted octanol–water partition coefficient (Wildman–Crippen LogP) is 1.47. The van der Waals surface area contributed by atoms with Crippen molar-refractivity contribution in [1.29, 1.82) is 0 Å². The summed E-state index contributed by atoms with van der Waals surface area (Å²) in [5, 5.41) is 13.1. The van der Waals surface area contributed by atoms with Gasteiger partial charge in [0, 0.05) is 31.7 Å². The molecular formula is C15H20N2O2. The molecule has 2 fully saturated rings. The molecular weight excluding hydrogens is 240 g/mol. The molecule has 19 heavy (non-hydrogen) atoms. The van der Waals surface area contributed by atoms with Crippen LogP contribution in [0.4, 0.5) is 5.69 Å². The van der Waals surface area contributed by atoms with Crippen molar-refractivity contribution < 1.29 is 9.90 Å². The third-order valence-corrected chi connectivity index (χ3v) is 4.04. The summed E-state index contributed by atoms with van der Waals surface area (Å²) in [4.78, 5) is 13.9. The fourth-order valence-corrected chi connectivity index (χ4v) is 2.77. The van der Waals surface area contributed by atoms with Crippen LogP contribution in [0.5, 0.6) is 0 Å². The van der Waals surface area contributed by atoms with Crippen molar-refractivity contribution in [2.45, 2.75) is 24.9 Å². The number of anilines is 1. The minimum absolute atomic E-state index is 0.0352. The zero-order chi connectivity index (χ0) is 13.3. The third kappa shape index (κ3) is 2.96. The maximum atomic E-state index is 11.8. The lowest BCUT2D eigenvalue weighted by atomic mass is 9.88. The molecule has 3 rings (SSSR count). The summed E-state index contributed by atoms with van der Waals surface area (Å²) in [6.45, 7) is 2.19. The van der Waals surface area contributed by atoms with Gasteiger partial charge in [0.25, 0.3) is 0 Å². The average Bonchev–Trinajstić information content (AvgIpc) is 3.19. The molecule has 1 aromatic rings. The molecule has 0 aromatic heterocycles. The molecule has 0 unspecified atom stereocenters. The van der Waals surface area contributed by atoms with Crippen LogP contribution >= 0.6 is 0 Å². The van der Waals surface area contributed by atoms with Gasteiger partial charge in [-0.2, -0.15) is 0 Å². The van der Waals surface area contributed by atoms with Crippen LogP contribution < -0.4 is 5.32 Å². The molecule has 1 amide bonds.